The molecule has 2 heteroatoms. The van der Waals surface area contributed by atoms with Gasteiger partial charge in [-0.3, -0.25) is 4.79 Å². The predicted molar refractivity (Wildman–Crippen MR) is 70.7 cm³/mol. The summed E-state index contributed by atoms with van der Waals surface area (Å²) in [7, 11) is 0. The highest BCUT2D eigenvalue weighted by atomic mass is 16.5. The van der Waals surface area contributed by atoms with Gasteiger partial charge in [-0.1, -0.05) is 27.7 Å². The van der Waals surface area contributed by atoms with Gasteiger partial charge >= 0.3 is 5.97 Å². The van der Waals surface area contributed by atoms with Gasteiger partial charge in [0, 0.05) is 6.42 Å². The molecule has 0 aromatic carbocycles. The van der Waals surface area contributed by atoms with Crippen molar-refractivity contribution >= 4 is 5.97 Å². The summed E-state index contributed by atoms with van der Waals surface area (Å²) in [5.74, 6) is 2.15. The largest absolute Gasteiger partial charge is 0.466 e. The second-order valence-electron chi connectivity index (χ2n) is 6.23. The summed E-state index contributed by atoms with van der Waals surface area (Å²) >= 11 is 0. The molecule has 0 N–H and O–H groups in total. The summed E-state index contributed by atoms with van der Waals surface area (Å²) in [6.07, 6.45) is 4.20. The maximum Gasteiger partial charge on any atom is 0.305 e. The Bertz CT molecular complexity index is 258. The Hall–Kier alpha value is -0.530. The quantitative estimate of drug-likeness (QED) is 0.678. The molecule has 2 nitrogen and oxygen atoms in total. The summed E-state index contributed by atoms with van der Waals surface area (Å²) in [4.78, 5) is 11.4. The molecule has 1 fully saturated rings. The lowest BCUT2D eigenvalue weighted by atomic mass is 9.70. The van der Waals surface area contributed by atoms with Crippen LogP contribution >= 0.6 is 0 Å². The molecule has 100 valence electrons. The fourth-order valence-corrected chi connectivity index (χ4v) is 3.34. The number of carbonyl (C=O) groups is 1. The lowest BCUT2D eigenvalue weighted by Crippen LogP contribution is -2.28. The van der Waals surface area contributed by atoms with E-state index in [4.69, 9.17) is 4.74 Å². The molecule has 17 heavy (non-hydrogen) atoms. The van der Waals surface area contributed by atoms with E-state index in [0.29, 0.717) is 24.4 Å². The molecule has 0 spiro atoms. The summed E-state index contributed by atoms with van der Waals surface area (Å²) < 4.78 is 4.99. The summed E-state index contributed by atoms with van der Waals surface area (Å²) in [5, 5.41) is 0. The first-order valence-corrected chi connectivity index (χ1v) is 7.05. The van der Waals surface area contributed by atoms with E-state index in [1.165, 1.54) is 12.8 Å². The molecule has 0 aliphatic heterocycles. The number of hydrogen-bond acceptors (Lipinski definition) is 2. The smallest absolute Gasteiger partial charge is 0.305 e. The molecule has 3 unspecified atom stereocenters. The van der Waals surface area contributed by atoms with Gasteiger partial charge in [0.15, 0.2) is 0 Å². The van der Waals surface area contributed by atoms with Crippen LogP contribution < -0.4 is 0 Å². The van der Waals surface area contributed by atoms with E-state index >= 15 is 0 Å². The zero-order valence-corrected chi connectivity index (χ0v) is 12.1. The van der Waals surface area contributed by atoms with E-state index in [0.717, 1.165) is 18.3 Å². The third-order valence-electron chi connectivity index (χ3n) is 4.93. The van der Waals surface area contributed by atoms with E-state index in [-0.39, 0.29) is 5.97 Å². The van der Waals surface area contributed by atoms with E-state index in [1.54, 1.807) is 0 Å². The molecule has 1 aliphatic carbocycles. The van der Waals surface area contributed by atoms with Gasteiger partial charge in [0.25, 0.3) is 0 Å². The standard InChI is InChI=1S/C15H28O2/c1-6-17-14(16)10-7-11(2)13-9-8-12(3)15(13,4)5/h11-13H,6-10H2,1-5H3. The monoisotopic (exact) mass is 240 g/mol. The minimum Gasteiger partial charge on any atom is -0.466 e. The normalized spacial score (nSPS) is 29.0. The van der Waals surface area contributed by atoms with Gasteiger partial charge in [0.1, 0.15) is 0 Å². The van der Waals surface area contributed by atoms with Gasteiger partial charge in [-0.05, 0) is 49.4 Å². The van der Waals surface area contributed by atoms with Crippen LogP contribution in [-0.4, -0.2) is 12.6 Å². The highest BCUT2D eigenvalue weighted by Crippen LogP contribution is 2.51. The zero-order chi connectivity index (χ0) is 13.1. The Kier molecular flexibility index (Phi) is 5.03. The van der Waals surface area contributed by atoms with E-state index < -0.39 is 0 Å². The third kappa shape index (κ3) is 3.46. The van der Waals surface area contributed by atoms with Crippen molar-refractivity contribution in [2.24, 2.45) is 23.2 Å². The molecular weight excluding hydrogens is 212 g/mol. The fraction of sp³-hybridized carbons (Fsp3) is 0.933. The predicted octanol–water partition coefficient (Wildman–Crippen LogP) is 4.04. The van der Waals surface area contributed by atoms with E-state index in [1.807, 2.05) is 6.92 Å². The summed E-state index contributed by atoms with van der Waals surface area (Å²) in [5.41, 5.74) is 0.425. The van der Waals surface area contributed by atoms with Crippen LogP contribution in [0.5, 0.6) is 0 Å². The van der Waals surface area contributed by atoms with Gasteiger partial charge in [-0.25, -0.2) is 0 Å². The Balaban J connectivity index is 2.43. The Morgan fingerprint density at radius 3 is 2.53 bits per heavy atom. The average molecular weight is 240 g/mol. The van der Waals surface area contributed by atoms with Crippen LogP contribution in [0.4, 0.5) is 0 Å². The van der Waals surface area contributed by atoms with Gasteiger partial charge < -0.3 is 4.74 Å². The molecule has 0 radical (unpaired) electrons. The zero-order valence-electron chi connectivity index (χ0n) is 12.1. The maximum atomic E-state index is 11.4. The fourth-order valence-electron chi connectivity index (χ4n) is 3.34. The molecule has 1 rings (SSSR count). The Labute approximate surface area is 106 Å². The molecule has 1 aliphatic rings. The van der Waals surface area contributed by atoms with Gasteiger partial charge in [0.05, 0.1) is 6.61 Å². The molecule has 0 aromatic heterocycles. The summed E-state index contributed by atoms with van der Waals surface area (Å²) in [6.45, 7) is 11.8. The molecule has 0 amide bonds. The Morgan fingerprint density at radius 2 is 2.06 bits per heavy atom. The van der Waals surface area contributed by atoms with Gasteiger partial charge in [-0.2, -0.15) is 0 Å². The van der Waals surface area contributed by atoms with Crippen molar-refractivity contribution in [3.05, 3.63) is 0 Å². The minimum absolute atomic E-state index is 0.0387. The maximum absolute atomic E-state index is 11.4. The molecule has 0 bridgehead atoms. The highest BCUT2D eigenvalue weighted by molar-refractivity contribution is 5.69. The van der Waals surface area contributed by atoms with E-state index in [2.05, 4.69) is 27.7 Å². The average Bonchev–Trinajstić information content (AvgIpc) is 2.51. The number of ether oxygens (including phenoxy) is 1. The van der Waals surface area contributed by atoms with Crippen molar-refractivity contribution in [1.82, 2.24) is 0 Å². The van der Waals surface area contributed by atoms with E-state index in [9.17, 15) is 4.79 Å². The van der Waals surface area contributed by atoms with Crippen LogP contribution in [0.2, 0.25) is 0 Å². The molecular formula is C15H28O2. The molecule has 1 saturated carbocycles. The lowest BCUT2D eigenvalue weighted by Gasteiger charge is -2.35. The lowest BCUT2D eigenvalue weighted by molar-refractivity contribution is -0.143. The molecule has 0 aromatic rings. The van der Waals surface area contributed by atoms with Gasteiger partial charge in [-0.15, -0.1) is 0 Å². The SMILES string of the molecule is CCOC(=O)CCC(C)C1CCC(C)C1(C)C. The summed E-state index contributed by atoms with van der Waals surface area (Å²) in [6, 6.07) is 0. The second kappa shape index (κ2) is 5.88. The van der Waals surface area contributed by atoms with Crippen molar-refractivity contribution in [1.29, 1.82) is 0 Å². The van der Waals surface area contributed by atoms with Crippen molar-refractivity contribution in [2.45, 2.75) is 60.3 Å². The van der Waals surface area contributed by atoms with Gasteiger partial charge in [0.2, 0.25) is 0 Å². The van der Waals surface area contributed by atoms with Crippen molar-refractivity contribution in [2.75, 3.05) is 6.61 Å². The highest BCUT2D eigenvalue weighted by Gasteiger charge is 2.42. The number of hydrogen-bond donors (Lipinski definition) is 0. The number of carbonyl (C=O) groups excluding carboxylic acids is 1. The van der Waals surface area contributed by atoms with Crippen LogP contribution in [0.3, 0.4) is 0 Å². The van der Waals surface area contributed by atoms with Crippen LogP contribution in [0.25, 0.3) is 0 Å². The number of rotatable bonds is 5. The first-order valence-electron chi connectivity index (χ1n) is 7.05. The molecule has 0 saturated heterocycles. The Morgan fingerprint density at radius 1 is 1.41 bits per heavy atom. The first-order chi connectivity index (χ1) is 7.89. The van der Waals surface area contributed by atoms with Crippen LogP contribution in [0.15, 0.2) is 0 Å². The van der Waals surface area contributed by atoms with Crippen LogP contribution in [0, 0.1) is 23.2 Å². The number of esters is 1. The molecule has 0 heterocycles. The van der Waals surface area contributed by atoms with Crippen molar-refractivity contribution < 1.29 is 9.53 Å². The van der Waals surface area contributed by atoms with Crippen LogP contribution in [0.1, 0.15) is 60.3 Å². The first kappa shape index (κ1) is 14.5. The van der Waals surface area contributed by atoms with Crippen molar-refractivity contribution in [3.8, 4) is 0 Å². The third-order valence-corrected chi connectivity index (χ3v) is 4.93. The topological polar surface area (TPSA) is 26.3 Å². The second-order valence-corrected chi connectivity index (χ2v) is 6.23. The minimum atomic E-state index is -0.0387. The van der Waals surface area contributed by atoms with Crippen molar-refractivity contribution in [3.63, 3.8) is 0 Å². The van der Waals surface area contributed by atoms with Crippen LogP contribution in [-0.2, 0) is 9.53 Å². The molecule has 3 atom stereocenters.